The fourth-order valence-electron chi connectivity index (χ4n) is 15.1. The summed E-state index contributed by atoms with van der Waals surface area (Å²) in [5, 5.41) is 33.3. The van der Waals surface area contributed by atoms with Crippen molar-refractivity contribution in [3.63, 3.8) is 0 Å². The van der Waals surface area contributed by atoms with Crippen molar-refractivity contribution in [2.24, 2.45) is 16.2 Å². The number of allylic oxidation sites excluding steroid dienone is 2. The van der Waals surface area contributed by atoms with E-state index in [-0.39, 0.29) is 98.9 Å². The molecule has 0 radical (unpaired) electrons. The topological polar surface area (TPSA) is 68.8 Å². The number of hydrogen-bond donors (Lipinski definition) is 2. The number of phenols is 1. The molecule has 0 amide bonds. The smallest absolute Gasteiger partial charge is 0.505 e. The van der Waals surface area contributed by atoms with Gasteiger partial charge in [0.05, 0.1) is 29.9 Å². The van der Waals surface area contributed by atoms with Gasteiger partial charge in [-0.25, -0.2) is 0 Å². The van der Waals surface area contributed by atoms with Gasteiger partial charge < -0.3 is 43.7 Å². The summed E-state index contributed by atoms with van der Waals surface area (Å²) >= 11 is 14.2. The molecule has 2 N–H and O–H groups in total. The molecule has 7 aromatic carbocycles. The van der Waals surface area contributed by atoms with Gasteiger partial charge in [-0.1, -0.05) is 212 Å². The molecule has 9 heteroatoms. The maximum Gasteiger partial charge on any atom is 2.00 e. The fraction of sp³-hybridized carbons (Fsp3) is 0.448. The third-order valence-electron chi connectivity index (χ3n) is 19.3. The van der Waals surface area contributed by atoms with Gasteiger partial charge >= 0.3 is 21.7 Å². The second kappa shape index (κ2) is 27.2. The van der Waals surface area contributed by atoms with Crippen LogP contribution in [0.1, 0.15) is 222 Å². The molecule has 6 nitrogen and oxygen atoms in total. The molecule has 10 rings (SSSR count). The summed E-state index contributed by atoms with van der Waals surface area (Å²) in [5.74, 6) is -1.17. The maximum absolute atomic E-state index is 14.3. The Labute approximate surface area is 603 Å². The van der Waals surface area contributed by atoms with E-state index in [0.717, 1.165) is 84.3 Å². The molecule has 96 heavy (non-hydrogen) atoms. The number of rotatable bonds is 14. The van der Waals surface area contributed by atoms with Crippen molar-refractivity contribution in [1.82, 2.24) is 9.13 Å². The van der Waals surface area contributed by atoms with Crippen LogP contribution in [0, 0.1) is 44.9 Å². The number of ether oxygens (including phenoxy) is 2. The van der Waals surface area contributed by atoms with E-state index in [4.69, 9.17) is 32.7 Å². The molecule has 0 saturated carbocycles. The first-order chi connectivity index (χ1) is 42.8. The number of aromatic nitrogens is 2. The van der Waals surface area contributed by atoms with E-state index in [0.29, 0.717) is 44.6 Å². The average molecular weight is 1370 g/mol. The van der Waals surface area contributed by atoms with Crippen LogP contribution in [0.15, 0.2) is 133 Å². The summed E-state index contributed by atoms with van der Waals surface area (Å²) in [4.78, 5) is 0. The molecule has 1 aliphatic carbocycles. The first-order valence-corrected chi connectivity index (χ1v) is 34.6. The summed E-state index contributed by atoms with van der Waals surface area (Å²) in [7, 11) is 0. The van der Waals surface area contributed by atoms with Crippen molar-refractivity contribution >= 4 is 72.4 Å². The van der Waals surface area contributed by atoms with Crippen molar-refractivity contribution in [1.29, 1.82) is 0 Å². The zero-order chi connectivity index (χ0) is 68.5. The van der Waals surface area contributed by atoms with Crippen LogP contribution >= 0.6 is 23.2 Å². The summed E-state index contributed by atoms with van der Waals surface area (Å²) in [6.07, 6.45) is 6.65. The van der Waals surface area contributed by atoms with Gasteiger partial charge in [0.1, 0.15) is 17.5 Å². The Balaban J connectivity index is 0.00000433. The van der Waals surface area contributed by atoms with Gasteiger partial charge in [-0.15, -0.1) is 0 Å². The van der Waals surface area contributed by atoms with E-state index in [1.165, 1.54) is 22.3 Å². The van der Waals surface area contributed by atoms with Gasteiger partial charge in [0.2, 0.25) is 5.79 Å². The summed E-state index contributed by atoms with van der Waals surface area (Å²) < 4.78 is 19.0. The molecule has 1 aliphatic rings. The Hall–Kier alpha value is -5.57. The van der Waals surface area contributed by atoms with Crippen LogP contribution in [-0.2, 0) is 53.5 Å². The molecular formula is C87H112Cl2N2O4Ti. The Morgan fingerprint density at radius 1 is 0.490 bits per heavy atom. The van der Waals surface area contributed by atoms with Crippen molar-refractivity contribution in [3.05, 3.63) is 202 Å². The number of phenolic OH excluding ortho intramolecular Hbond substituents is 1. The minimum Gasteiger partial charge on any atom is -0.505 e. The van der Waals surface area contributed by atoms with Crippen molar-refractivity contribution < 1.29 is 41.4 Å². The van der Waals surface area contributed by atoms with E-state index in [2.05, 4.69) is 265 Å². The van der Waals surface area contributed by atoms with E-state index >= 15 is 0 Å². The molecule has 9 aromatic rings. The minimum atomic E-state index is -1.91. The molecule has 2 atom stereocenters. The van der Waals surface area contributed by atoms with Gasteiger partial charge in [-0.3, -0.25) is 0 Å². The fourth-order valence-corrected chi connectivity index (χ4v) is 15.7. The summed E-state index contributed by atoms with van der Waals surface area (Å²) in [6, 6.07) is 40.9. The Kier molecular flexibility index (Phi) is 22.0. The number of aromatic hydroxyl groups is 1. The molecule has 0 aliphatic heterocycles. The monoisotopic (exact) mass is 1370 g/mol. The average Bonchev–Trinajstić information content (AvgIpc) is 1.41. The zero-order valence-corrected chi connectivity index (χ0v) is 66.2. The number of nitrogens with zero attached hydrogens (tertiary/aromatic N) is 2. The molecule has 2 unspecified atom stereocenters. The Bertz CT molecular complexity index is 4290. The predicted molar refractivity (Wildman–Crippen MR) is 412 cm³/mol. The second-order valence-corrected chi connectivity index (χ2v) is 36.1. The molecular weight excluding hydrogens is 1260 g/mol. The van der Waals surface area contributed by atoms with Crippen LogP contribution in [0.5, 0.6) is 11.5 Å². The number of benzene rings is 7. The first-order valence-electron chi connectivity index (χ1n) is 33.8. The van der Waals surface area contributed by atoms with E-state index < -0.39 is 11.8 Å². The van der Waals surface area contributed by atoms with Crippen LogP contribution in [-0.4, -0.2) is 38.3 Å². The van der Waals surface area contributed by atoms with Crippen molar-refractivity contribution in [2.45, 2.75) is 224 Å². The van der Waals surface area contributed by atoms with Crippen LogP contribution in [0.3, 0.4) is 0 Å². The second-order valence-electron chi connectivity index (χ2n) is 35.3. The van der Waals surface area contributed by atoms with Gasteiger partial charge in [0.25, 0.3) is 0 Å². The van der Waals surface area contributed by atoms with Gasteiger partial charge in [-0.05, 0) is 211 Å². The summed E-state index contributed by atoms with van der Waals surface area (Å²) in [6.45, 7) is 54.6. The van der Waals surface area contributed by atoms with Gasteiger partial charge in [-0.2, -0.15) is 0 Å². The van der Waals surface area contributed by atoms with Crippen molar-refractivity contribution in [3.8, 4) is 28.3 Å². The van der Waals surface area contributed by atoms with E-state index in [1.807, 2.05) is 38.1 Å². The molecule has 2 aromatic heterocycles. The predicted octanol–water partition coefficient (Wildman–Crippen LogP) is 25.2. The molecule has 0 bridgehead atoms. The molecule has 0 fully saturated rings. The zero-order valence-electron chi connectivity index (χ0n) is 63.1. The number of halogens is 2. The quantitative estimate of drug-likeness (QED) is 0.0493. The third-order valence-corrected chi connectivity index (χ3v) is 19.7. The normalized spacial score (nSPS) is 16.2. The number of fused-ring (bicyclic) bond motifs is 6. The molecule has 0 spiro atoms. The van der Waals surface area contributed by atoms with Crippen LogP contribution in [0.4, 0.5) is 0 Å². The first kappa shape index (κ1) is 77.8. The standard InChI is InChI=1S/C85H106Cl2N2O4.2CH3.Ti/c1-51-36-53(39-60(86)37-51)68-45-59(84(23,24)50-78(6,7)8)47-74(89-71-32-28-56(81(15,16)17)42-64(71)65-43-57(82(18,19)20)29-33-72(65)89)85(68,91)93-35-25-34-92-76-52(2)38-61(87)48-67(76)66-44-58(83(21,22)49-77(3,4)5)46-73(75(66)90)88-69-30-26-54(79(9,10)11)40-62(69)63-41-55(80(12,13)14)27-31-70(63)88;;;/h26-33,36-48,74,90-91H,25,34-35,49-50H2,1-24H3;2*1H3;/q;2*-1;+2. The Morgan fingerprint density at radius 2 is 0.927 bits per heavy atom. The molecule has 512 valence electrons. The van der Waals surface area contributed by atoms with Crippen LogP contribution in [0.25, 0.3) is 66.0 Å². The Morgan fingerprint density at radius 3 is 1.38 bits per heavy atom. The summed E-state index contributed by atoms with van der Waals surface area (Å²) in [5.41, 5.74) is 15.5. The van der Waals surface area contributed by atoms with E-state index in [9.17, 15) is 10.2 Å². The number of aliphatic hydroxyl groups is 1. The van der Waals surface area contributed by atoms with Gasteiger partial charge in [0, 0.05) is 65.7 Å². The van der Waals surface area contributed by atoms with Crippen molar-refractivity contribution in [2.75, 3.05) is 13.2 Å². The third kappa shape index (κ3) is 15.7. The van der Waals surface area contributed by atoms with Crippen LogP contribution in [0.2, 0.25) is 10.0 Å². The largest absolute Gasteiger partial charge is 2.00 e. The van der Waals surface area contributed by atoms with Gasteiger partial charge in [0.15, 0.2) is 0 Å². The van der Waals surface area contributed by atoms with E-state index in [1.54, 1.807) is 0 Å². The maximum atomic E-state index is 14.3. The molecule has 0 saturated heterocycles. The minimum absolute atomic E-state index is 0. The van der Waals surface area contributed by atoms with Crippen LogP contribution < -0.4 is 4.74 Å². The molecule has 2 heterocycles. The number of hydrogen-bond acceptors (Lipinski definition) is 4. The number of aryl methyl sites for hydroxylation is 2. The SMILES string of the molecule is Cc1cc(Cl)cc(C2=CC(C(C)(C)CC(C)(C)C)=CC(n3c4ccc(C(C)(C)C)cc4c4cc(C(C)(C)C)ccc43)C2(O)OCCCOc2c(C)cc(Cl)cc2-c2cc(C(C)(C)CC(C)(C)C)cc(-n3c4ccc(C(C)(C)C)cc4c4cc(C(C)(C)C)ccc43)c2O)c1.[CH3-].[CH3-].[Ti+2].